The highest BCUT2D eigenvalue weighted by atomic mass is 16.7. The molecule has 6 rings (SSSR count). The van der Waals surface area contributed by atoms with Crippen LogP contribution in [0.5, 0.6) is 5.75 Å². The van der Waals surface area contributed by atoms with Crippen LogP contribution in [0.4, 0.5) is 0 Å². The van der Waals surface area contributed by atoms with Gasteiger partial charge in [0, 0.05) is 62.1 Å². The molecule has 0 unspecified atom stereocenters. The van der Waals surface area contributed by atoms with Crippen LogP contribution in [0.15, 0.2) is 138 Å². The Hall–Kier alpha value is -13.0. The van der Waals surface area contributed by atoms with Crippen molar-refractivity contribution in [3.63, 3.8) is 0 Å². The summed E-state index contributed by atoms with van der Waals surface area (Å²) in [5.41, 5.74) is 31.7. The Morgan fingerprint density at radius 3 is 1.46 bits per heavy atom. The molecule has 608 valence electrons. The minimum absolute atomic E-state index is 0.00315. The molecule has 0 aliphatic rings. The molecule has 0 fully saturated rings. The fraction of sp³-hybridized carbons (Fsp3) is 0.413. The van der Waals surface area contributed by atoms with E-state index in [2.05, 4.69) is 88.3 Å². The van der Waals surface area contributed by atoms with E-state index in [9.17, 15) is 58.2 Å². The number of rotatable bonds is 47. The number of amides is 11. The van der Waals surface area contributed by atoms with Crippen LogP contribution in [0.1, 0.15) is 100 Å². The van der Waals surface area contributed by atoms with Crippen molar-refractivity contribution in [3.05, 3.63) is 156 Å². The highest BCUT2D eigenvalue weighted by molar-refractivity contribution is 6.00. The number of aliphatic imine (C=N–C) groups is 2. The highest BCUT2D eigenvalue weighted by Gasteiger charge is 2.37. The van der Waals surface area contributed by atoms with E-state index in [1.807, 2.05) is 6.92 Å². The molecule has 0 aliphatic carbocycles. The lowest BCUT2D eigenvalue weighted by molar-refractivity contribution is -0.144. The van der Waals surface area contributed by atoms with Crippen LogP contribution in [-0.2, 0) is 99.3 Å². The standard InChI is InChI=1S/C75H102N22O16/c1-4-5-21-52(92-73(112)63(42(2)3)97-64(103)50(76)31-45-25-27-48(98)28-26-45)65(104)86-39-60(99)89-58(35-47-38-82-41-88-47)71(110)94-56(33-44-18-10-7-11-19-44)69(108)90-54(24-15-30-84-75(79)80)68(107)95-57(34-46-37-85-51-22-13-12-20-49(46)51)70(109)96-59(36-61(100)101)72(111)91-53(23-14-29-83-74(77)78)67(106)93-55(32-43-16-8-6-9-17-43)66(105)87-40-62(102)113-81/h6-13,16-20,22,25-28,37-38,41-42,50,52-59,63,85,98H,4-5,14-15,21,23-24,29-36,39-40,76,81H2,1-3H3,(H,82,88)(H,86,104)(H,87,105)(H,89,99)(H,90,108)(H,91,111)(H,92,112)(H,93,106)(H,94,110)(H,95,107)(H,96,109)(H,97,103)(H,100,101)(H4,77,78,83)(H4,79,80,84)/t50-,52-,53-,54-,55-,56+,57+,58-,59-,63-/m0/s1. The summed E-state index contributed by atoms with van der Waals surface area (Å²) in [6, 6.07) is 15.0. The van der Waals surface area contributed by atoms with E-state index >= 15 is 14.4 Å². The summed E-state index contributed by atoms with van der Waals surface area (Å²) in [7, 11) is 0. The Balaban J connectivity index is 1.25. The van der Waals surface area contributed by atoms with Crippen LogP contribution in [0.25, 0.3) is 10.9 Å². The Labute approximate surface area is 650 Å². The van der Waals surface area contributed by atoms with Gasteiger partial charge in [0.15, 0.2) is 11.9 Å². The van der Waals surface area contributed by atoms with Crippen LogP contribution in [0.3, 0.4) is 0 Å². The van der Waals surface area contributed by atoms with E-state index in [1.54, 1.807) is 117 Å². The normalized spacial score (nSPS) is 13.6. The number of fused-ring (bicyclic) bond motifs is 1. The third-order valence-electron chi connectivity index (χ3n) is 17.8. The molecular weight excluding hydrogens is 1460 g/mol. The molecule has 38 heteroatoms. The van der Waals surface area contributed by atoms with Gasteiger partial charge in [0.2, 0.25) is 65.0 Å². The van der Waals surface area contributed by atoms with Crippen LogP contribution >= 0.6 is 0 Å². The monoisotopic (exact) mass is 1570 g/mol. The maximum Gasteiger partial charge on any atom is 0.343 e. The van der Waals surface area contributed by atoms with Gasteiger partial charge in [-0.15, -0.1) is 0 Å². The number of carbonyl (C=O) groups excluding carboxylic acids is 12. The zero-order chi connectivity index (χ0) is 82.5. The molecule has 27 N–H and O–H groups in total. The van der Waals surface area contributed by atoms with Gasteiger partial charge in [-0.1, -0.05) is 125 Å². The first-order chi connectivity index (χ1) is 54.0. The van der Waals surface area contributed by atoms with Gasteiger partial charge in [0.05, 0.1) is 31.0 Å². The molecule has 6 aromatic rings. The number of H-pyrrole nitrogens is 2. The summed E-state index contributed by atoms with van der Waals surface area (Å²) in [6.07, 6.45) is 3.06. The zero-order valence-electron chi connectivity index (χ0n) is 62.9. The Morgan fingerprint density at radius 2 is 0.938 bits per heavy atom. The van der Waals surface area contributed by atoms with E-state index < -0.39 is 163 Å². The van der Waals surface area contributed by atoms with Crippen molar-refractivity contribution in [2.24, 2.45) is 50.5 Å². The minimum Gasteiger partial charge on any atom is -0.508 e. The number of benzene rings is 4. The second-order valence-corrected chi connectivity index (χ2v) is 27.0. The third kappa shape index (κ3) is 30.8. The van der Waals surface area contributed by atoms with Crippen molar-refractivity contribution >= 4 is 99.7 Å². The number of imidazole rings is 1. The molecule has 38 nitrogen and oxygen atoms in total. The highest BCUT2D eigenvalue weighted by Crippen LogP contribution is 2.21. The van der Waals surface area contributed by atoms with Gasteiger partial charge in [0.25, 0.3) is 0 Å². The number of phenols is 1. The van der Waals surface area contributed by atoms with Crippen molar-refractivity contribution < 1.29 is 77.4 Å². The number of phenolic OH excluding ortho intramolecular Hbond substituents is 1. The van der Waals surface area contributed by atoms with Crippen LogP contribution < -0.4 is 93.0 Å². The number of nitrogens with zero attached hydrogens (tertiary/aromatic N) is 3. The largest absolute Gasteiger partial charge is 0.508 e. The number of para-hydroxylation sites is 1. The number of guanidine groups is 2. The molecule has 0 spiro atoms. The molecule has 0 saturated carbocycles. The SMILES string of the molecule is CCCC[C@H](NC(=O)[C@@H](NC(=O)[C@@H](N)Cc1ccc(O)cc1)C(C)C)C(=O)NCC(=O)N[C@@H](Cc1c[nH]cn1)C(=O)N[C@H](Cc1ccccc1)C(=O)N[C@@H](CCCN=C(N)N)C(=O)N[C@H](Cc1c[nH]c2ccccc12)C(=O)N[C@@H](CC(=O)O)C(=O)N[C@@H](CCCN=C(N)N)C(=O)N[C@@H](Cc1ccccc1)C(=O)NCC(=O)ON. The summed E-state index contributed by atoms with van der Waals surface area (Å²) in [5.74, 6) is -8.82. The Morgan fingerprint density at radius 1 is 0.487 bits per heavy atom. The number of carboxylic acids is 1. The number of hydrogen-bond donors (Lipinski definition) is 21. The van der Waals surface area contributed by atoms with Crippen molar-refractivity contribution in [2.45, 2.75) is 165 Å². The predicted octanol–water partition coefficient (Wildman–Crippen LogP) is -3.12. The Kier molecular flexibility index (Phi) is 36.1. The quantitative estimate of drug-likeness (QED) is 0.00778. The number of carbonyl (C=O) groups is 13. The van der Waals surface area contributed by atoms with Crippen molar-refractivity contribution in [3.8, 4) is 5.75 Å². The maximum absolute atomic E-state index is 15.2. The maximum atomic E-state index is 15.2. The average Bonchev–Trinajstić information content (AvgIpc) is 1.69. The van der Waals surface area contributed by atoms with E-state index in [0.29, 0.717) is 46.0 Å². The topological polar surface area (TPSA) is 629 Å². The van der Waals surface area contributed by atoms with Gasteiger partial charge in [-0.3, -0.25) is 67.5 Å². The van der Waals surface area contributed by atoms with E-state index in [0.717, 1.165) is 0 Å². The zero-order valence-corrected chi connectivity index (χ0v) is 62.9. The number of nitrogens with one attached hydrogen (secondary N) is 13. The number of hydrogen-bond acceptors (Lipinski definition) is 20. The van der Waals surface area contributed by atoms with E-state index in [4.69, 9.17) is 34.6 Å². The number of nitrogens with two attached hydrogens (primary N) is 6. The summed E-state index contributed by atoms with van der Waals surface area (Å²) < 4.78 is 0. The van der Waals surface area contributed by atoms with Crippen molar-refractivity contribution in [1.82, 2.24) is 73.4 Å². The predicted molar refractivity (Wildman–Crippen MR) is 414 cm³/mol. The Bertz CT molecular complexity index is 4230. The molecule has 2 aromatic heterocycles. The first kappa shape index (κ1) is 88.9. The number of aromatic nitrogens is 3. The number of aromatic amines is 2. The number of unbranched alkanes of at least 4 members (excludes halogenated alkanes) is 1. The molecular formula is C75H102N22O16. The third-order valence-corrected chi connectivity index (χ3v) is 17.8. The lowest BCUT2D eigenvalue weighted by Gasteiger charge is -2.28. The number of aliphatic carboxylic acids is 1. The van der Waals surface area contributed by atoms with Crippen LogP contribution in [0.2, 0.25) is 0 Å². The second kappa shape index (κ2) is 45.9. The number of aromatic hydroxyl groups is 1. The molecule has 0 saturated heterocycles. The molecule has 113 heavy (non-hydrogen) atoms. The van der Waals surface area contributed by atoms with E-state index in [-0.39, 0.29) is 101 Å². The van der Waals surface area contributed by atoms with E-state index in [1.165, 1.54) is 24.7 Å². The lowest BCUT2D eigenvalue weighted by Crippen LogP contribution is -2.61. The molecule has 0 bridgehead atoms. The molecule has 0 radical (unpaired) electrons. The number of carboxylic acid groups (broad SMARTS) is 1. The van der Waals surface area contributed by atoms with Crippen molar-refractivity contribution in [1.29, 1.82) is 0 Å². The summed E-state index contributed by atoms with van der Waals surface area (Å²) >= 11 is 0. The van der Waals surface area contributed by atoms with Gasteiger partial charge in [-0.25, -0.2) is 9.78 Å². The summed E-state index contributed by atoms with van der Waals surface area (Å²) in [5, 5.41) is 49.0. The fourth-order valence-electron chi connectivity index (χ4n) is 11.8. The van der Waals surface area contributed by atoms with Crippen LogP contribution in [-0.4, -0.2) is 201 Å². The first-order valence-corrected chi connectivity index (χ1v) is 36.6. The van der Waals surface area contributed by atoms with Gasteiger partial charge in [-0.05, 0) is 84.9 Å². The minimum atomic E-state index is -2.00. The lowest BCUT2D eigenvalue weighted by atomic mass is 10.00. The van der Waals surface area contributed by atoms with Gasteiger partial charge >= 0.3 is 11.9 Å². The smallest absolute Gasteiger partial charge is 0.343 e. The average molecular weight is 1570 g/mol. The van der Waals surface area contributed by atoms with Crippen LogP contribution in [0, 0.1) is 5.92 Å². The van der Waals surface area contributed by atoms with Crippen molar-refractivity contribution in [2.75, 3.05) is 26.2 Å². The summed E-state index contributed by atoms with van der Waals surface area (Å²) in [4.78, 5) is 205. The van der Waals surface area contributed by atoms with Gasteiger partial charge < -0.3 is 112 Å². The second-order valence-electron chi connectivity index (χ2n) is 27.0. The van der Waals surface area contributed by atoms with Gasteiger partial charge in [0.1, 0.15) is 66.7 Å². The fourth-order valence-corrected chi connectivity index (χ4v) is 11.8. The molecule has 2 heterocycles. The first-order valence-electron chi connectivity index (χ1n) is 36.6. The molecule has 11 amide bonds. The summed E-state index contributed by atoms with van der Waals surface area (Å²) in [6.45, 7) is 3.68. The van der Waals surface area contributed by atoms with Gasteiger partial charge in [-0.2, -0.15) is 5.90 Å². The molecule has 4 aromatic carbocycles. The molecule has 0 aliphatic heterocycles. The molecule has 10 atom stereocenters.